The van der Waals surface area contributed by atoms with E-state index in [-0.39, 0.29) is 0 Å². The fourth-order valence-corrected chi connectivity index (χ4v) is 2.18. The largest absolute Gasteiger partial charge is 0.129 e. The van der Waals surface area contributed by atoms with Gasteiger partial charge in [-0.2, -0.15) is 0 Å². The van der Waals surface area contributed by atoms with Crippen LogP contribution < -0.4 is 0 Å². The fraction of sp³-hybridized carbons (Fsp3) is 0.400. The Morgan fingerprint density at radius 2 is 2.08 bits per heavy atom. The average Bonchev–Trinajstić information content (AvgIpc) is 2.10. The van der Waals surface area contributed by atoms with Crippen molar-refractivity contribution in [2.24, 2.45) is 0 Å². The van der Waals surface area contributed by atoms with Crippen LogP contribution in [0.25, 0.3) is 0 Å². The molecule has 0 saturated heterocycles. The van der Waals surface area contributed by atoms with Gasteiger partial charge < -0.3 is 0 Å². The third-order valence-electron chi connectivity index (χ3n) is 2.02. The molecule has 0 spiro atoms. The maximum absolute atomic E-state index is 6.16. The SMILES string of the molecule is CCc1ccc(SC)c(C)c1Cl. The number of rotatable bonds is 2. The second kappa shape index (κ2) is 4.20. The highest BCUT2D eigenvalue weighted by atomic mass is 35.5. The summed E-state index contributed by atoms with van der Waals surface area (Å²) in [5.74, 6) is 0. The first kappa shape index (κ1) is 9.94. The molecule has 1 rings (SSSR count). The topological polar surface area (TPSA) is 0 Å². The first-order valence-electron chi connectivity index (χ1n) is 4.02. The normalized spacial score (nSPS) is 10.3. The maximum atomic E-state index is 6.16. The minimum absolute atomic E-state index is 0.935. The van der Waals surface area contributed by atoms with Gasteiger partial charge in [0.25, 0.3) is 0 Å². The second-order valence-corrected chi connectivity index (χ2v) is 3.95. The molecule has 66 valence electrons. The van der Waals surface area contributed by atoms with Crippen molar-refractivity contribution in [2.75, 3.05) is 6.26 Å². The van der Waals surface area contributed by atoms with Crippen LogP contribution in [-0.2, 0) is 6.42 Å². The molecule has 0 unspecified atom stereocenters. The highest BCUT2D eigenvalue weighted by molar-refractivity contribution is 7.98. The number of halogens is 1. The van der Waals surface area contributed by atoms with Crippen LogP contribution in [0, 0.1) is 6.92 Å². The van der Waals surface area contributed by atoms with Gasteiger partial charge in [-0.1, -0.05) is 24.6 Å². The molecule has 0 saturated carbocycles. The van der Waals surface area contributed by atoms with E-state index in [1.807, 2.05) is 0 Å². The predicted octanol–water partition coefficient (Wildman–Crippen LogP) is 3.93. The van der Waals surface area contributed by atoms with Crippen LogP contribution in [0.2, 0.25) is 5.02 Å². The van der Waals surface area contributed by atoms with E-state index < -0.39 is 0 Å². The molecule has 0 heterocycles. The Morgan fingerprint density at radius 1 is 1.42 bits per heavy atom. The Morgan fingerprint density at radius 3 is 2.58 bits per heavy atom. The molecule has 0 aliphatic heterocycles. The van der Waals surface area contributed by atoms with Gasteiger partial charge in [-0.3, -0.25) is 0 Å². The van der Waals surface area contributed by atoms with Gasteiger partial charge >= 0.3 is 0 Å². The molecule has 0 bridgehead atoms. The van der Waals surface area contributed by atoms with Crippen LogP contribution in [-0.4, -0.2) is 6.26 Å². The van der Waals surface area contributed by atoms with E-state index in [9.17, 15) is 0 Å². The summed E-state index contributed by atoms with van der Waals surface area (Å²) in [6.45, 7) is 4.20. The van der Waals surface area contributed by atoms with Gasteiger partial charge in [0.1, 0.15) is 0 Å². The van der Waals surface area contributed by atoms with E-state index in [1.165, 1.54) is 16.0 Å². The lowest BCUT2D eigenvalue weighted by molar-refractivity contribution is 1.11. The summed E-state index contributed by atoms with van der Waals surface area (Å²) < 4.78 is 0. The van der Waals surface area contributed by atoms with Crippen LogP contribution in [0.3, 0.4) is 0 Å². The quantitative estimate of drug-likeness (QED) is 0.652. The molecular formula is C10H13ClS. The van der Waals surface area contributed by atoms with Gasteiger partial charge in [0.05, 0.1) is 0 Å². The zero-order chi connectivity index (χ0) is 9.14. The van der Waals surface area contributed by atoms with Gasteiger partial charge in [-0.25, -0.2) is 0 Å². The molecular weight excluding hydrogens is 188 g/mol. The molecule has 0 amide bonds. The van der Waals surface area contributed by atoms with E-state index >= 15 is 0 Å². The van der Waals surface area contributed by atoms with Crippen LogP contribution >= 0.6 is 23.4 Å². The molecule has 1 aromatic carbocycles. The molecule has 0 aromatic heterocycles. The zero-order valence-electron chi connectivity index (χ0n) is 7.65. The fourth-order valence-electron chi connectivity index (χ4n) is 1.22. The van der Waals surface area contributed by atoms with Crippen molar-refractivity contribution in [1.29, 1.82) is 0 Å². The number of thioether (sulfide) groups is 1. The van der Waals surface area contributed by atoms with Crippen molar-refractivity contribution in [3.8, 4) is 0 Å². The molecule has 12 heavy (non-hydrogen) atoms. The molecule has 0 nitrogen and oxygen atoms in total. The van der Waals surface area contributed by atoms with Gasteiger partial charge in [0, 0.05) is 9.92 Å². The molecule has 0 N–H and O–H groups in total. The monoisotopic (exact) mass is 200 g/mol. The van der Waals surface area contributed by atoms with Crippen LogP contribution in [0.4, 0.5) is 0 Å². The summed E-state index contributed by atoms with van der Waals surface area (Å²) in [6.07, 6.45) is 3.08. The van der Waals surface area contributed by atoms with E-state index in [0.29, 0.717) is 0 Å². The Balaban J connectivity index is 3.20. The van der Waals surface area contributed by atoms with Gasteiger partial charge in [-0.15, -0.1) is 11.8 Å². The molecule has 0 atom stereocenters. The Hall–Kier alpha value is -0.140. The standard InChI is InChI=1S/C10H13ClS/c1-4-8-5-6-9(12-3)7(2)10(8)11/h5-6H,4H2,1-3H3. The Kier molecular flexibility index (Phi) is 3.48. The Labute approximate surface area is 83.3 Å². The van der Waals surface area contributed by atoms with Gasteiger partial charge in [0.15, 0.2) is 0 Å². The summed E-state index contributed by atoms with van der Waals surface area (Å²) in [5.41, 5.74) is 2.45. The lowest BCUT2D eigenvalue weighted by Gasteiger charge is -2.08. The van der Waals surface area contributed by atoms with Gasteiger partial charge in [-0.05, 0) is 36.8 Å². The minimum atomic E-state index is 0.935. The lowest BCUT2D eigenvalue weighted by Crippen LogP contribution is -1.87. The third kappa shape index (κ3) is 1.78. The number of hydrogen-bond donors (Lipinski definition) is 0. The van der Waals surface area contributed by atoms with Crippen LogP contribution in [0.5, 0.6) is 0 Å². The van der Waals surface area contributed by atoms with Crippen molar-refractivity contribution >= 4 is 23.4 Å². The summed E-state index contributed by atoms with van der Waals surface area (Å²) in [4.78, 5) is 1.28. The average molecular weight is 201 g/mol. The van der Waals surface area contributed by atoms with Crippen molar-refractivity contribution in [2.45, 2.75) is 25.2 Å². The summed E-state index contributed by atoms with van der Waals surface area (Å²) in [5, 5.41) is 0.935. The third-order valence-corrected chi connectivity index (χ3v) is 3.43. The first-order valence-corrected chi connectivity index (χ1v) is 5.63. The molecule has 0 aliphatic rings. The maximum Gasteiger partial charge on any atom is 0.0478 e. The van der Waals surface area contributed by atoms with E-state index in [2.05, 4.69) is 32.2 Å². The second-order valence-electron chi connectivity index (χ2n) is 2.72. The molecule has 2 heteroatoms. The zero-order valence-corrected chi connectivity index (χ0v) is 9.22. The summed E-state index contributed by atoms with van der Waals surface area (Å²) >= 11 is 7.91. The van der Waals surface area contributed by atoms with Crippen molar-refractivity contribution in [1.82, 2.24) is 0 Å². The van der Waals surface area contributed by atoms with Crippen molar-refractivity contribution in [3.63, 3.8) is 0 Å². The van der Waals surface area contributed by atoms with Gasteiger partial charge in [0.2, 0.25) is 0 Å². The van der Waals surface area contributed by atoms with E-state index in [4.69, 9.17) is 11.6 Å². The summed E-state index contributed by atoms with van der Waals surface area (Å²) in [6, 6.07) is 4.26. The minimum Gasteiger partial charge on any atom is -0.129 e. The van der Waals surface area contributed by atoms with Crippen LogP contribution in [0.1, 0.15) is 18.1 Å². The highest BCUT2D eigenvalue weighted by Gasteiger charge is 2.05. The Bertz CT molecular complexity index is 252. The highest BCUT2D eigenvalue weighted by Crippen LogP contribution is 2.29. The van der Waals surface area contributed by atoms with E-state index in [1.54, 1.807) is 11.8 Å². The van der Waals surface area contributed by atoms with Crippen molar-refractivity contribution in [3.05, 3.63) is 28.3 Å². The van der Waals surface area contributed by atoms with E-state index in [0.717, 1.165) is 11.4 Å². The first-order chi connectivity index (χ1) is 5.70. The predicted molar refractivity (Wildman–Crippen MR) is 57.3 cm³/mol. The molecule has 0 aliphatic carbocycles. The smallest absolute Gasteiger partial charge is 0.0478 e. The van der Waals surface area contributed by atoms with Crippen LogP contribution in [0.15, 0.2) is 17.0 Å². The summed E-state index contributed by atoms with van der Waals surface area (Å²) in [7, 11) is 0. The molecule has 1 aromatic rings. The molecule has 0 fully saturated rings. The number of aryl methyl sites for hydroxylation is 1. The molecule has 0 radical (unpaired) electrons. The lowest BCUT2D eigenvalue weighted by atomic mass is 10.1. The van der Waals surface area contributed by atoms with Crippen molar-refractivity contribution < 1.29 is 0 Å². The number of benzene rings is 1. The number of hydrogen-bond acceptors (Lipinski definition) is 1.